The lowest BCUT2D eigenvalue weighted by atomic mass is 10.0. The number of para-hydroxylation sites is 1. The molecule has 0 bridgehead atoms. The van der Waals surface area contributed by atoms with Crippen LogP contribution in [0, 0.1) is 5.92 Å². The van der Waals surface area contributed by atoms with Gasteiger partial charge >= 0.3 is 5.97 Å². The van der Waals surface area contributed by atoms with Gasteiger partial charge in [-0.05, 0) is 49.1 Å². The van der Waals surface area contributed by atoms with Crippen LogP contribution in [0.4, 0.5) is 11.4 Å². The fourth-order valence-electron chi connectivity index (χ4n) is 4.02. The van der Waals surface area contributed by atoms with Crippen LogP contribution in [-0.4, -0.2) is 50.7 Å². The van der Waals surface area contributed by atoms with Crippen LogP contribution < -0.4 is 10.1 Å². The zero-order valence-electron chi connectivity index (χ0n) is 22.5. The highest BCUT2D eigenvalue weighted by Crippen LogP contribution is 2.32. The van der Waals surface area contributed by atoms with Gasteiger partial charge in [0, 0.05) is 7.05 Å². The van der Waals surface area contributed by atoms with Gasteiger partial charge in [-0.2, -0.15) is 0 Å². The largest absolute Gasteiger partial charge is 0.491 e. The Hall–Kier alpha value is -3.40. The van der Waals surface area contributed by atoms with E-state index in [1.54, 1.807) is 30.3 Å². The molecular formula is C28H37N3O6S. The molecule has 1 amide bonds. The second-order valence-electron chi connectivity index (χ2n) is 9.27. The van der Waals surface area contributed by atoms with Gasteiger partial charge in [0.25, 0.3) is 10.0 Å². The lowest BCUT2D eigenvalue weighted by Crippen LogP contribution is -2.37. The highest BCUT2D eigenvalue weighted by molar-refractivity contribution is 7.90. The average molecular weight is 544 g/mol. The molecule has 0 aromatic heterocycles. The number of hydrogen-bond donors (Lipinski definition) is 1. The number of amidine groups is 1. The van der Waals surface area contributed by atoms with Crippen molar-refractivity contribution in [1.29, 1.82) is 0 Å². The molecule has 0 saturated carbocycles. The van der Waals surface area contributed by atoms with Crippen LogP contribution in [0.2, 0.25) is 0 Å². The third-order valence-corrected chi connectivity index (χ3v) is 8.21. The Kier molecular flexibility index (Phi) is 10.3. The number of aliphatic imine (C=N–C) groups is 1. The molecule has 2 aromatic rings. The lowest BCUT2D eigenvalue weighted by Gasteiger charge is -2.26. The van der Waals surface area contributed by atoms with Crippen molar-refractivity contribution in [2.75, 3.05) is 25.6 Å². The average Bonchev–Trinajstić information content (AvgIpc) is 2.91. The first-order valence-corrected chi connectivity index (χ1v) is 14.5. The van der Waals surface area contributed by atoms with Crippen LogP contribution >= 0.6 is 0 Å². The van der Waals surface area contributed by atoms with Crippen molar-refractivity contribution < 1.29 is 27.5 Å². The quantitative estimate of drug-likeness (QED) is 0.332. The number of nitrogens with one attached hydrogen (secondary N) is 1. The normalized spacial score (nSPS) is 14.7. The molecule has 1 heterocycles. The minimum Gasteiger partial charge on any atom is -0.491 e. The van der Waals surface area contributed by atoms with Gasteiger partial charge in [0.15, 0.2) is 0 Å². The molecule has 0 saturated heterocycles. The number of unbranched alkanes of at least 4 members (excludes halogenated alkanes) is 1. The van der Waals surface area contributed by atoms with E-state index in [4.69, 9.17) is 9.47 Å². The van der Waals surface area contributed by atoms with Crippen molar-refractivity contribution in [2.45, 2.75) is 64.2 Å². The predicted octanol–water partition coefficient (Wildman–Crippen LogP) is 5.54. The lowest BCUT2D eigenvalue weighted by molar-refractivity contribution is -0.115. The van der Waals surface area contributed by atoms with Crippen LogP contribution in [-0.2, 0) is 19.6 Å². The standard InChI is InChI=1S/C28H37N3O6S/c1-5-8-11-20(7-3)19-37-28(33)21-14-15-24(36-16-6-2)23(17-21)30-27(32)18-26-29-22-12-9-10-13-25(22)38(34,35)31(26)4/h9-10,12-15,17,20H,5-8,11,16,18-19H2,1-4H3,(H,30,32). The van der Waals surface area contributed by atoms with Crippen molar-refractivity contribution in [2.24, 2.45) is 10.9 Å². The molecule has 1 unspecified atom stereocenters. The van der Waals surface area contributed by atoms with Crippen molar-refractivity contribution in [3.8, 4) is 5.75 Å². The maximum atomic E-state index is 13.0. The van der Waals surface area contributed by atoms with E-state index in [-0.39, 0.29) is 28.4 Å². The summed E-state index contributed by atoms with van der Waals surface area (Å²) >= 11 is 0. The summed E-state index contributed by atoms with van der Waals surface area (Å²) in [6.07, 6.45) is 4.57. The third-order valence-electron chi connectivity index (χ3n) is 6.38. The van der Waals surface area contributed by atoms with Crippen LogP contribution in [0.5, 0.6) is 5.75 Å². The van der Waals surface area contributed by atoms with E-state index in [2.05, 4.69) is 24.2 Å². The summed E-state index contributed by atoms with van der Waals surface area (Å²) in [4.78, 5) is 30.3. The van der Waals surface area contributed by atoms with E-state index in [1.807, 2.05) is 6.92 Å². The molecule has 1 aliphatic heterocycles. The second-order valence-corrected chi connectivity index (χ2v) is 11.2. The number of ether oxygens (including phenoxy) is 2. The number of carbonyl (C=O) groups is 2. The van der Waals surface area contributed by atoms with Crippen LogP contribution in [0.1, 0.15) is 69.7 Å². The molecule has 206 valence electrons. The Morgan fingerprint density at radius 2 is 1.84 bits per heavy atom. The Balaban J connectivity index is 1.77. The first kappa shape index (κ1) is 29.2. The molecule has 3 rings (SSSR count). The minimum atomic E-state index is -3.81. The number of anilines is 1. The molecule has 0 spiro atoms. The number of carbonyl (C=O) groups excluding carboxylic acids is 2. The van der Waals surface area contributed by atoms with Crippen molar-refractivity contribution in [3.63, 3.8) is 0 Å². The summed E-state index contributed by atoms with van der Waals surface area (Å²) in [7, 11) is -2.44. The third kappa shape index (κ3) is 7.12. The number of fused-ring (bicyclic) bond motifs is 1. The summed E-state index contributed by atoms with van der Waals surface area (Å²) in [5, 5.41) is 2.76. The van der Waals surface area contributed by atoms with Gasteiger partial charge in [-0.15, -0.1) is 0 Å². The van der Waals surface area contributed by atoms with Gasteiger partial charge in [0.1, 0.15) is 16.5 Å². The first-order valence-electron chi connectivity index (χ1n) is 13.1. The van der Waals surface area contributed by atoms with E-state index in [0.29, 0.717) is 30.6 Å². The molecule has 1 aliphatic rings. The number of amides is 1. The molecular weight excluding hydrogens is 506 g/mol. The minimum absolute atomic E-state index is 0.0884. The zero-order chi connectivity index (χ0) is 27.7. The maximum absolute atomic E-state index is 13.0. The number of sulfonamides is 1. The summed E-state index contributed by atoms with van der Waals surface area (Å²) in [6, 6.07) is 11.2. The molecule has 1 atom stereocenters. The summed E-state index contributed by atoms with van der Waals surface area (Å²) in [6.45, 7) is 6.94. The first-order chi connectivity index (χ1) is 18.2. The SMILES string of the molecule is CCCCC(CC)COC(=O)c1ccc(OCCC)c(NC(=O)CC2=Nc3ccccc3S(=O)(=O)N2C)c1. The van der Waals surface area contributed by atoms with Gasteiger partial charge in [-0.1, -0.05) is 52.2 Å². The summed E-state index contributed by atoms with van der Waals surface area (Å²) in [5.41, 5.74) is 0.880. The fraction of sp³-hybridized carbons (Fsp3) is 0.464. The molecule has 10 heteroatoms. The highest BCUT2D eigenvalue weighted by Gasteiger charge is 2.32. The van der Waals surface area contributed by atoms with Gasteiger partial charge < -0.3 is 14.8 Å². The predicted molar refractivity (Wildman–Crippen MR) is 148 cm³/mol. The van der Waals surface area contributed by atoms with E-state index in [1.165, 1.54) is 19.2 Å². The second kappa shape index (κ2) is 13.4. The Labute approximate surface area is 225 Å². The van der Waals surface area contributed by atoms with Gasteiger partial charge in [0.2, 0.25) is 5.91 Å². The van der Waals surface area contributed by atoms with E-state index in [0.717, 1.165) is 36.4 Å². The number of benzene rings is 2. The summed E-state index contributed by atoms with van der Waals surface area (Å²) in [5.74, 6) is -0.173. The molecule has 0 radical (unpaired) electrons. The molecule has 1 N–H and O–H groups in total. The van der Waals surface area contributed by atoms with E-state index < -0.39 is 21.9 Å². The van der Waals surface area contributed by atoms with Crippen LogP contribution in [0.15, 0.2) is 52.4 Å². The number of nitrogens with zero attached hydrogens (tertiary/aromatic N) is 2. The molecule has 38 heavy (non-hydrogen) atoms. The van der Waals surface area contributed by atoms with E-state index >= 15 is 0 Å². The topological polar surface area (TPSA) is 114 Å². The number of rotatable bonds is 13. The molecule has 9 nitrogen and oxygen atoms in total. The Morgan fingerprint density at radius 1 is 1.08 bits per heavy atom. The van der Waals surface area contributed by atoms with Crippen molar-refractivity contribution >= 4 is 39.1 Å². The van der Waals surface area contributed by atoms with Crippen molar-refractivity contribution in [1.82, 2.24) is 4.31 Å². The highest BCUT2D eigenvalue weighted by atomic mass is 32.2. The van der Waals surface area contributed by atoms with Gasteiger partial charge in [-0.3, -0.25) is 9.10 Å². The molecule has 0 fully saturated rings. The Bertz CT molecular complexity index is 1280. The van der Waals surface area contributed by atoms with Gasteiger partial charge in [-0.25, -0.2) is 18.2 Å². The smallest absolute Gasteiger partial charge is 0.338 e. The summed E-state index contributed by atoms with van der Waals surface area (Å²) < 4.78 is 38.1. The molecule has 0 aliphatic carbocycles. The van der Waals surface area contributed by atoms with E-state index in [9.17, 15) is 18.0 Å². The van der Waals surface area contributed by atoms with Crippen LogP contribution in [0.3, 0.4) is 0 Å². The Morgan fingerprint density at radius 3 is 2.55 bits per heavy atom. The number of hydrogen-bond acceptors (Lipinski definition) is 7. The van der Waals surface area contributed by atoms with Crippen LogP contribution in [0.25, 0.3) is 0 Å². The fourth-order valence-corrected chi connectivity index (χ4v) is 5.33. The molecule has 2 aromatic carbocycles. The van der Waals surface area contributed by atoms with Gasteiger partial charge in [0.05, 0.1) is 36.6 Å². The monoisotopic (exact) mass is 543 g/mol. The van der Waals surface area contributed by atoms with Crippen molar-refractivity contribution in [3.05, 3.63) is 48.0 Å². The zero-order valence-corrected chi connectivity index (χ0v) is 23.3. The maximum Gasteiger partial charge on any atom is 0.338 e. The number of esters is 1.